The van der Waals surface area contributed by atoms with Gasteiger partial charge in [0.25, 0.3) is 0 Å². The molecule has 0 spiro atoms. The van der Waals surface area contributed by atoms with Crippen LogP contribution in [-0.4, -0.2) is 29.1 Å². The lowest BCUT2D eigenvalue weighted by Crippen LogP contribution is -2.29. The van der Waals surface area contributed by atoms with Gasteiger partial charge in [0.2, 0.25) is 0 Å². The number of aliphatic carboxylic acids is 1. The Morgan fingerprint density at radius 2 is 1.89 bits per heavy atom. The minimum absolute atomic E-state index is 0.118. The maximum atomic E-state index is 12.4. The molecule has 3 nitrogen and oxygen atoms in total. The van der Waals surface area contributed by atoms with Crippen molar-refractivity contribution >= 4 is 5.97 Å². The summed E-state index contributed by atoms with van der Waals surface area (Å²) in [5.41, 5.74) is -0.164. The molecule has 0 unspecified atom stereocenters. The molecule has 0 saturated heterocycles. The molecule has 0 aliphatic rings. The fourth-order valence-corrected chi connectivity index (χ4v) is 1.55. The van der Waals surface area contributed by atoms with E-state index in [2.05, 4.69) is 5.92 Å². The Morgan fingerprint density at radius 3 is 2.32 bits per heavy atom. The Hall–Kier alpha value is -2.00. The van der Waals surface area contributed by atoms with Crippen LogP contribution in [0.4, 0.5) is 13.2 Å². The first-order valence-corrected chi connectivity index (χ1v) is 5.36. The smallest absolute Gasteiger partial charge is 0.416 e. The number of carbonyl (C=O) groups is 1. The quantitative estimate of drug-likeness (QED) is 0.835. The molecule has 0 aromatic heterocycles. The molecular weight excluding hydrogens is 259 g/mol. The highest BCUT2D eigenvalue weighted by atomic mass is 19.4. The summed E-state index contributed by atoms with van der Waals surface area (Å²) >= 11 is 0. The number of halogens is 3. The Morgan fingerprint density at radius 1 is 1.32 bits per heavy atom. The average Bonchev–Trinajstić information content (AvgIpc) is 2.28. The van der Waals surface area contributed by atoms with Crippen molar-refractivity contribution in [3.63, 3.8) is 0 Å². The molecule has 1 N–H and O–H groups in total. The highest BCUT2D eigenvalue weighted by Gasteiger charge is 2.29. The number of nitrogens with zero attached hydrogens (tertiary/aromatic N) is 1. The van der Waals surface area contributed by atoms with E-state index in [1.165, 1.54) is 17.0 Å². The predicted octanol–water partition coefficient (Wildman–Crippen LogP) is 2.23. The van der Waals surface area contributed by atoms with Gasteiger partial charge in [0.15, 0.2) is 0 Å². The van der Waals surface area contributed by atoms with Gasteiger partial charge in [-0.2, -0.15) is 13.2 Å². The van der Waals surface area contributed by atoms with Gasteiger partial charge in [0.05, 0.1) is 18.7 Å². The van der Waals surface area contributed by atoms with E-state index in [0.717, 1.165) is 12.1 Å². The van der Waals surface area contributed by atoms with E-state index in [1.54, 1.807) is 0 Å². The van der Waals surface area contributed by atoms with Gasteiger partial charge in [-0.3, -0.25) is 9.69 Å². The Bertz CT molecular complexity index is 474. The largest absolute Gasteiger partial charge is 0.480 e. The predicted molar refractivity (Wildman–Crippen MR) is 63.2 cm³/mol. The number of hydrogen-bond donors (Lipinski definition) is 1. The summed E-state index contributed by atoms with van der Waals surface area (Å²) in [5.74, 6) is 1.27. The summed E-state index contributed by atoms with van der Waals surface area (Å²) in [5, 5.41) is 8.68. The second-order valence-electron chi connectivity index (χ2n) is 3.94. The van der Waals surface area contributed by atoms with Gasteiger partial charge in [0.1, 0.15) is 0 Å². The summed E-state index contributed by atoms with van der Waals surface area (Å²) in [6.07, 6.45) is 0.730. The van der Waals surface area contributed by atoms with E-state index < -0.39 is 17.7 Å². The third kappa shape index (κ3) is 5.02. The molecule has 0 atom stereocenters. The van der Waals surface area contributed by atoms with Gasteiger partial charge in [0, 0.05) is 6.54 Å². The number of alkyl halides is 3. The molecule has 0 aliphatic heterocycles. The molecule has 1 rings (SSSR count). The van der Waals surface area contributed by atoms with Crippen LogP contribution in [0, 0.1) is 12.3 Å². The zero-order chi connectivity index (χ0) is 14.5. The van der Waals surface area contributed by atoms with Crippen molar-refractivity contribution in [1.82, 2.24) is 4.90 Å². The van der Waals surface area contributed by atoms with Gasteiger partial charge in [-0.25, -0.2) is 0 Å². The van der Waals surface area contributed by atoms with E-state index in [9.17, 15) is 18.0 Å². The molecular formula is C13H12F3NO2. The van der Waals surface area contributed by atoms with Crippen LogP contribution in [0.5, 0.6) is 0 Å². The fourth-order valence-electron chi connectivity index (χ4n) is 1.55. The first-order chi connectivity index (χ1) is 8.82. The van der Waals surface area contributed by atoms with Crippen molar-refractivity contribution in [2.75, 3.05) is 13.1 Å². The molecule has 0 heterocycles. The van der Waals surface area contributed by atoms with Crippen LogP contribution in [0.2, 0.25) is 0 Å². The number of carboxylic acid groups (broad SMARTS) is 1. The Balaban J connectivity index is 2.75. The van der Waals surface area contributed by atoms with Crippen LogP contribution in [0.1, 0.15) is 11.1 Å². The van der Waals surface area contributed by atoms with Gasteiger partial charge in [-0.15, -0.1) is 6.42 Å². The van der Waals surface area contributed by atoms with Crippen molar-refractivity contribution in [2.45, 2.75) is 12.7 Å². The van der Waals surface area contributed by atoms with E-state index in [0.29, 0.717) is 5.56 Å². The van der Waals surface area contributed by atoms with Crippen LogP contribution in [-0.2, 0) is 17.5 Å². The third-order valence-electron chi connectivity index (χ3n) is 2.36. The van der Waals surface area contributed by atoms with Crippen LogP contribution in [0.15, 0.2) is 24.3 Å². The van der Waals surface area contributed by atoms with E-state index >= 15 is 0 Å². The van der Waals surface area contributed by atoms with Crippen LogP contribution in [0.25, 0.3) is 0 Å². The molecule has 0 saturated carbocycles. The maximum absolute atomic E-state index is 12.4. The summed E-state index contributed by atoms with van der Waals surface area (Å²) in [6.45, 7) is 0.0488. The Kier molecular flexibility index (Phi) is 4.95. The Labute approximate surface area is 108 Å². The number of rotatable bonds is 5. The van der Waals surface area contributed by atoms with Crippen molar-refractivity contribution in [2.24, 2.45) is 0 Å². The van der Waals surface area contributed by atoms with Crippen molar-refractivity contribution in [3.8, 4) is 12.3 Å². The normalized spacial score (nSPS) is 11.3. The zero-order valence-corrected chi connectivity index (χ0v) is 9.94. The van der Waals surface area contributed by atoms with Gasteiger partial charge < -0.3 is 5.11 Å². The number of benzene rings is 1. The lowest BCUT2D eigenvalue weighted by Gasteiger charge is -2.17. The number of hydrogen-bond acceptors (Lipinski definition) is 2. The standard InChI is InChI=1S/C13H12F3NO2/c1-2-7-17(9-12(18)19)8-10-3-5-11(6-4-10)13(14,15)16/h1,3-6H,7-9H2,(H,18,19). The number of terminal acetylenes is 1. The molecule has 1 aromatic rings. The van der Waals surface area contributed by atoms with E-state index in [-0.39, 0.29) is 19.6 Å². The molecule has 0 aliphatic carbocycles. The van der Waals surface area contributed by atoms with E-state index in [1.807, 2.05) is 0 Å². The first-order valence-electron chi connectivity index (χ1n) is 5.36. The van der Waals surface area contributed by atoms with Crippen molar-refractivity contribution in [3.05, 3.63) is 35.4 Å². The molecule has 6 heteroatoms. The third-order valence-corrected chi connectivity index (χ3v) is 2.36. The SMILES string of the molecule is C#CCN(CC(=O)O)Cc1ccc(C(F)(F)F)cc1. The van der Waals surface area contributed by atoms with Crippen molar-refractivity contribution in [1.29, 1.82) is 0 Å². The molecule has 102 valence electrons. The van der Waals surface area contributed by atoms with Gasteiger partial charge in [-0.05, 0) is 17.7 Å². The minimum Gasteiger partial charge on any atom is -0.480 e. The zero-order valence-electron chi connectivity index (χ0n) is 9.94. The highest BCUT2D eigenvalue weighted by Crippen LogP contribution is 2.29. The summed E-state index contributed by atoms with van der Waals surface area (Å²) in [7, 11) is 0. The van der Waals surface area contributed by atoms with Gasteiger partial charge in [-0.1, -0.05) is 18.1 Å². The molecule has 19 heavy (non-hydrogen) atoms. The molecule has 0 amide bonds. The lowest BCUT2D eigenvalue weighted by atomic mass is 10.1. The highest BCUT2D eigenvalue weighted by molar-refractivity contribution is 5.69. The summed E-state index contributed by atoms with van der Waals surface area (Å²) in [6, 6.07) is 4.55. The topological polar surface area (TPSA) is 40.5 Å². The van der Waals surface area contributed by atoms with Crippen LogP contribution < -0.4 is 0 Å². The van der Waals surface area contributed by atoms with Crippen LogP contribution >= 0.6 is 0 Å². The second kappa shape index (κ2) is 6.25. The number of carboxylic acids is 1. The second-order valence-corrected chi connectivity index (χ2v) is 3.94. The monoisotopic (exact) mass is 271 g/mol. The minimum atomic E-state index is -4.38. The average molecular weight is 271 g/mol. The molecule has 0 fully saturated rings. The lowest BCUT2D eigenvalue weighted by molar-refractivity contribution is -0.138. The molecule has 0 bridgehead atoms. The van der Waals surface area contributed by atoms with Crippen LogP contribution in [0.3, 0.4) is 0 Å². The van der Waals surface area contributed by atoms with E-state index in [4.69, 9.17) is 11.5 Å². The summed E-state index contributed by atoms with van der Waals surface area (Å²) in [4.78, 5) is 12.1. The van der Waals surface area contributed by atoms with Gasteiger partial charge >= 0.3 is 12.1 Å². The fraction of sp³-hybridized carbons (Fsp3) is 0.308. The van der Waals surface area contributed by atoms with Crippen molar-refractivity contribution < 1.29 is 23.1 Å². The molecule has 0 radical (unpaired) electrons. The summed E-state index contributed by atoms with van der Waals surface area (Å²) < 4.78 is 37.1. The molecule has 1 aromatic carbocycles. The maximum Gasteiger partial charge on any atom is 0.416 e. The first kappa shape index (κ1) is 15.1.